The summed E-state index contributed by atoms with van der Waals surface area (Å²) in [5.41, 5.74) is 0.304. The lowest BCUT2D eigenvalue weighted by molar-refractivity contribution is -0.0382. The highest BCUT2D eigenvalue weighted by atomic mass is 16.3. The van der Waals surface area contributed by atoms with Crippen LogP contribution in [0.4, 0.5) is 0 Å². The summed E-state index contributed by atoms with van der Waals surface area (Å²) in [6.45, 7) is 9.83. The van der Waals surface area contributed by atoms with Crippen molar-refractivity contribution in [3.63, 3.8) is 0 Å². The third-order valence-corrected chi connectivity index (χ3v) is 4.93. The number of likely N-dealkylation sites (N-methyl/N-ethyl adjacent to an activating group) is 1. The minimum Gasteiger partial charge on any atom is -0.391 e. The van der Waals surface area contributed by atoms with Gasteiger partial charge in [-0.15, -0.1) is 0 Å². The number of hydrogen-bond acceptors (Lipinski definition) is 2. The molecule has 1 aliphatic rings. The van der Waals surface area contributed by atoms with Gasteiger partial charge in [-0.25, -0.2) is 0 Å². The second-order valence-electron chi connectivity index (χ2n) is 5.65. The van der Waals surface area contributed by atoms with Crippen LogP contribution in [-0.4, -0.2) is 24.8 Å². The van der Waals surface area contributed by atoms with E-state index in [2.05, 4.69) is 33.0 Å². The zero-order valence-electron chi connectivity index (χ0n) is 10.2. The highest BCUT2D eigenvalue weighted by Gasteiger charge is 2.52. The van der Waals surface area contributed by atoms with E-state index in [0.29, 0.717) is 12.5 Å². The first-order valence-electron chi connectivity index (χ1n) is 5.69. The molecule has 1 aliphatic carbocycles. The fraction of sp³-hybridized carbons (Fsp3) is 1.00. The van der Waals surface area contributed by atoms with Gasteiger partial charge in [-0.3, -0.25) is 0 Å². The van der Waals surface area contributed by atoms with Crippen LogP contribution in [0.15, 0.2) is 0 Å². The molecule has 1 saturated carbocycles. The molecule has 0 aromatic carbocycles. The quantitative estimate of drug-likeness (QED) is 0.729. The minimum absolute atomic E-state index is 0.0649. The van der Waals surface area contributed by atoms with Crippen LogP contribution >= 0.6 is 0 Å². The molecule has 14 heavy (non-hydrogen) atoms. The highest BCUT2D eigenvalue weighted by molar-refractivity contribution is 5.02. The summed E-state index contributed by atoms with van der Waals surface area (Å²) in [4.78, 5) is 0. The summed E-state index contributed by atoms with van der Waals surface area (Å²) in [6.07, 6.45) is 2.15. The van der Waals surface area contributed by atoms with Gasteiger partial charge in [-0.05, 0) is 31.2 Å². The lowest BCUT2D eigenvalue weighted by atomic mass is 9.63. The summed E-state index contributed by atoms with van der Waals surface area (Å²) >= 11 is 0. The number of hydrogen-bond donors (Lipinski definition) is 2. The average Bonchev–Trinajstić information content (AvgIpc) is 2.31. The molecule has 2 heteroatoms. The van der Waals surface area contributed by atoms with E-state index < -0.39 is 0 Å². The predicted octanol–water partition coefficient (Wildman–Crippen LogP) is 2.03. The standard InChI is InChI=1S/C12H25NO/c1-9-6-7-12(4,11(9,2)3)10(14)8-13-5/h9-10,13-14H,6-8H2,1-5H3/t9-,10+,12+/m0/s1. The van der Waals surface area contributed by atoms with E-state index in [1.165, 1.54) is 6.42 Å². The van der Waals surface area contributed by atoms with Gasteiger partial charge in [0, 0.05) is 12.0 Å². The smallest absolute Gasteiger partial charge is 0.0723 e. The van der Waals surface area contributed by atoms with Crippen molar-refractivity contribution in [2.75, 3.05) is 13.6 Å². The zero-order valence-corrected chi connectivity index (χ0v) is 10.2. The predicted molar refractivity (Wildman–Crippen MR) is 60.2 cm³/mol. The van der Waals surface area contributed by atoms with Gasteiger partial charge in [0.25, 0.3) is 0 Å². The zero-order chi connectivity index (χ0) is 11.0. The molecule has 0 radical (unpaired) electrons. The average molecular weight is 199 g/mol. The van der Waals surface area contributed by atoms with Crippen LogP contribution in [0, 0.1) is 16.7 Å². The summed E-state index contributed by atoms with van der Waals surface area (Å²) in [6, 6.07) is 0. The van der Waals surface area contributed by atoms with Gasteiger partial charge in [0.05, 0.1) is 6.10 Å². The summed E-state index contributed by atoms with van der Waals surface area (Å²) < 4.78 is 0. The molecule has 0 amide bonds. The second-order valence-corrected chi connectivity index (χ2v) is 5.65. The van der Waals surface area contributed by atoms with Crippen molar-refractivity contribution in [1.82, 2.24) is 5.32 Å². The normalized spacial score (nSPS) is 38.6. The SMILES string of the molecule is CNC[C@@H](O)[C@@]1(C)CC[C@H](C)C1(C)C. The molecule has 0 bridgehead atoms. The van der Waals surface area contributed by atoms with Gasteiger partial charge in [-0.1, -0.05) is 27.7 Å². The third kappa shape index (κ3) is 1.59. The Labute approximate surface area is 88.1 Å². The van der Waals surface area contributed by atoms with E-state index in [0.717, 1.165) is 6.42 Å². The van der Waals surface area contributed by atoms with Crippen molar-refractivity contribution in [2.24, 2.45) is 16.7 Å². The molecule has 84 valence electrons. The Bertz CT molecular complexity index is 202. The van der Waals surface area contributed by atoms with Crippen molar-refractivity contribution in [1.29, 1.82) is 0 Å². The van der Waals surface area contributed by atoms with E-state index in [1.54, 1.807) is 0 Å². The monoisotopic (exact) mass is 199 g/mol. The molecule has 0 unspecified atom stereocenters. The third-order valence-electron chi connectivity index (χ3n) is 4.93. The fourth-order valence-corrected chi connectivity index (χ4v) is 2.78. The first-order chi connectivity index (χ1) is 6.36. The highest BCUT2D eigenvalue weighted by Crippen LogP contribution is 2.57. The van der Waals surface area contributed by atoms with Crippen LogP contribution in [0.25, 0.3) is 0 Å². The molecule has 2 N–H and O–H groups in total. The largest absolute Gasteiger partial charge is 0.391 e. The Hall–Kier alpha value is -0.0800. The molecule has 1 rings (SSSR count). The molecule has 0 heterocycles. The number of aliphatic hydroxyl groups excluding tert-OH is 1. The Kier molecular flexibility index (Phi) is 3.27. The second kappa shape index (κ2) is 3.82. The minimum atomic E-state index is -0.229. The van der Waals surface area contributed by atoms with Crippen LogP contribution in [-0.2, 0) is 0 Å². The van der Waals surface area contributed by atoms with Crippen LogP contribution in [0.3, 0.4) is 0 Å². The summed E-state index contributed by atoms with van der Waals surface area (Å²) in [5.74, 6) is 0.707. The lowest BCUT2D eigenvalue weighted by Crippen LogP contribution is -2.46. The van der Waals surface area contributed by atoms with Crippen LogP contribution in [0.1, 0.15) is 40.5 Å². The van der Waals surface area contributed by atoms with Crippen molar-refractivity contribution in [2.45, 2.75) is 46.6 Å². The van der Waals surface area contributed by atoms with Gasteiger partial charge in [0.15, 0.2) is 0 Å². The van der Waals surface area contributed by atoms with E-state index in [4.69, 9.17) is 0 Å². The first-order valence-corrected chi connectivity index (χ1v) is 5.69. The molecule has 0 aromatic heterocycles. The molecule has 0 saturated heterocycles. The van der Waals surface area contributed by atoms with E-state index in [-0.39, 0.29) is 16.9 Å². The van der Waals surface area contributed by atoms with Gasteiger partial charge < -0.3 is 10.4 Å². The molecule has 2 nitrogen and oxygen atoms in total. The van der Waals surface area contributed by atoms with Crippen molar-refractivity contribution >= 4 is 0 Å². The molecule has 3 atom stereocenters. The first kappa shape index (κ1) is 12.0. The van der Waals surface area contributed by atoms with E-state index >= 15 is 0 Å². The molecule has 0 spiro atoms. The molecule has 0 aliphatic heterocycles. The molecule has 0 aromatic rings. The summed E-state index contributed by atoms with van der Waals surface area (Å²) in [7, 11) is 1.90. The maximum Gasteiger partial charge on any atom is 0.0723 e. The maximum atomic E-state index is 10.2. The van der Waals surface area contributed by atoms with Gasteiger partial charge in [0.2, 0.25) is 0 Å². The maximum absolute atomic E-state index is 10.2. The number of nitrogens with one attached hydrogen (secondary N) is 1. The Morgan fingerprint density at radius 1 is 1.43 bits per heavy atom. The topological polar surface area (TPSA) is 32.3 Å². The number of aliphatic hydroxyl groups is 1. The Morgan fingerprint density at radius 2 is 2.00 bits per heavy atom. The van der Waals surface area contributed by atoms with Crippen molar-refractivity contribution < 1.29 is 5.11 Å². The molecular weight excluding hydrogens is 174 g/mol. The van der Waals surface area contributed by atoms with Crippen molar-refractivity contribution in [3.8, 4) is 0 Å². The van der Waals surface area contributed by atoms with Gasteiger partial charge in [-0.2, -0.15) is 0 Å². The summed E-state index contributed by atoms with van der Waals surface area (Å²) in [5, 5.41) is 13.3. The van der Waals surface area contributed by atoms with Crippen LogP contribution < -0.4 is 5.32 Å². The fourth-order valence-electron chi connectivity index (χ4n) is 2.78. The van der Waals surface area contributed by atoms with Crippen molar-refractivity contribution in [3.05, 3.63) is 0 Å². The molecular formula is C12H25NO. The van der Waals surface area contributed by atoms with E-state index in [1.807, 2.05) is 7.05 Å². The Balaban J connectivity index is 2.83. The molecule has 1 fully saturated rings. The number of rotatable bonds is 3. The lowest BCUT2D eigenvalue weighted by Gasteiger charge is -2.44. The van der Waals surface area contributed by atoms with Gasteiger partial charge in [0.1, 0.15) is 0 Å². The van der Waals surface area contributed by atoms with Crippen LogP contribution in [0.2, 0.25) is 0 Å². The Morgan fingerprint density at radius 3 is 2.36 bits per heavy atom. The van der Waals surface area contributed by atoms with Gasteiger partial charge >= 0.3 is 0 Å². The van der Waals surface area contributed by atoms with Crippen LogP contribution in [0.5, 0.6) is 0 Å². The van der Waals surface area contributed by atoms with E-state index in [9.17, 15) is 5.11 Å².